The molecule has 1 aromatic carbocycles. The predicted molar refractivity (Wildman–Crippen MR) is 95.8 cm³/mol. The minimum Gasteiger partial charge on any atom is -0.508 e. The van der Waals surface area contributed by atoms with Crippen LogP contribution < -0.4 is 4.74 Å². The van der Waals surface area contributed by atoms with Crippen molar-refractivity contribution in [3.05, 3.63) is 59.7 Å². The summed E-state index contributed by atoms with van der Waals surface area (Å²) >= 11 is 0. The molecule has 1 aromatic rings. The van der Waals surface area contributed by atoms with Gasteiger partial charge in [0.15, 0.2) is 11.6 Å². The van der Waals surface area contributed by atoms with E-state index in [0.717, 1.165) is 18.2 Å². The highest BCUT2D eigenvalue weighted by atomic mass is 19.4. The number of phenols is 1. The van der Waals surface area contributed by atoms with Crippen LogP contribution in [-0.4, -0.2) is 23.0 Å². The number of hydrogen-bond donors (Lipinski definition) is 1. The number of alkyl halides is 3. The van der Waals surface area contributed by atoms with Crippen molar-refractivity contribution >= 4 is 11.6 Å². The van der Waals surface area contributed by atoms with E-state index in [1.54, 1.807) is 13.0 Å². The second kappa shape index (κ2) is 6.65. The zero-order valence-electron chi connectivity index (χ0n) is 15.3. The number of carbonyl (C=O) groups is 2. The molecule has 0 amide bonds. The first-order chi connectivity index (χ1) is 13.0. The van der Waals surface area contributed by atoms with Crippen molar-refractivity contribution in [1.82, 2.24) is 0 Å². The Labute approximate surface area is 160 Å². The van der Waals surface area contributed by atoms with Crippen molar-refractivity contribution in [2.24, 2.45) is 11.3 Å². The smallest absolute Gasteiger partial charge is 0.508 e. The van der Waals surface area contributed by atoms with Crippen molar-refractivity contribution in [2.75, 3.05) is 0 Å². The molecular weight excluding hydrogens is 373 g/mol. The van der Waals surface area contributed by atoms with E-state index < -0.39 is 29.4 Å². The zero-order valence-corrected chi connectivity index (χ0v) is 15.3. The monoisotopic (exact) mass is 392 g/mol. The highest BCUT2D eigenvalue weighted by molar-refractivity contribution is 6.13. The fourth-order valence-corrected chi connectivity index (χ4v) is 4.33. The Morgan fingerprint density at radius 3 is 2.61 bits per heavy atom. The van der Waals surface area contributed by atoms with Crippen LogP contribution in [0.25, 0.3) is 0 Å². The van der Waals surface area contributed by atoms with Gasteiger partial charge in [0.1, 0.15) is 11.5 Å². The number of rotatable bonds is 3. The van der Waals surface area contributed by atoms with E-state index >= 15 is 0 Å². The van der Waals surface area contributed by atoms with E-state index in [-0.39, 0.29) is 28.5 Å². The average molecular weight is 392 g/mol. The Bertz CT molecular complexity index is 926. The Morgan fingerprint density at radius 2 is 2.00 bits per heavy atom. The summed E-state index contributed by atoms with van der Waals surface area (Å²) in [6.45, 7) is 6.88. The van der Waals surface area contributed by atoms with E-state index in [2.05, 4.69) is 11.3 Å². The molecule has 1 N–H and O–H groups in total. The molecule has 2 aliphatic carbocycles. The van der Waals surface area contributed by atoms with Crippen molar-refractivity contribution < 1.29 is 32.6 Å². The lowest BCUT2D eigenvalue weighted by molar-refractivity contribution is -0.274. The molecule has 4 nitrogen and oxygen atoms in total. The number of phenolic OH excluding ortho intramolecular Hbond substituents is 1. The van der Waals surface area contributed by atoms with Gasteiger partial charge in [-0.05, 0) is 48.8 Å². The first kappa shape index (κ1) is 19.9. The standard InChI is InChI=1S/C21H19F3O4/c1-4-12-5-7-15-17(26)9-11(2)19(27)20(15,3)18(12)14-10-13(6-8-16(14)25)28-21(22,23)24/h4-6,8-10,15,18,25H,1,7H2,2-3H3/t15-,18+,20+/m0/s1. The summed E-state index contributed by atoms with van der Waals surface area (Å²) in [6.07, 6.45) is -0.0567. The first-order valence-corrected chi connectivity index (χ1v) is 8.67. The normalized spacial score (nSPS) is 27.6. The molecule has 0 saturated carbocycles. The average Bonchev–Trinajstić information content (AvgIpc) is 2.60. The molecular formula is C21H19F3O4. The molecule has 0 spiro atoms. The number of aromatic hydroxyl groups is 1. The number of ether oxygens (including phenoxy) is 1. The van der Waals surface area contributed by atoms with Crippen LogP contribution in [-0.2, 0) is 9.59 Å². The molecule has 0 unspecified atom stereocenters. The summed E-state index contributed by atoms with van der Waals surface area (Å²) in [6, 6.07) is 3.14. The van der Waals surface area contributed by atoms with E-state index in [1.807, 2.05) is 0 Å². The summed E-state index contributed by atoms with van der Waals surface area (Å²) < 4.78 is 41.9. The van der Waals surface area contributed by atoms with Gasteiger partial charge in [-0.25, -0.2) is 0 Å². The summed E-state index contributed by atoms with van der Waals surface area (Å²) in [7, 11) is 0. The number of hydrogen-bond acceptors (Lipinski definition) is 4. The first-order valence-electron chi connectivity index (χ1n) is 8.67. The number of carbonyl (C=O) groups excluding carboxylic acids is 2. The fourth-order valence-electron chi connectivity index (χ4n) is 4.33. The maximum absolute atomic E-state index is 13.1. The van der Waals surface area contributed by atoms with Gasteiger partial charge in [-0.1, -0.05) is 25.7 Å². The molecule has 0 radical (unpaired) electrons. The Kier molecular flexibility index (Phi) is 4.73. The van der Waals surface area contributed by atoms with Gasteiger partial charge in [0.05, 0.1) is 5.41 Å². The third-order valence-electron chi connectivity index (χ3n) is 5.58. The van der Waals surface area contributed by atoms with Gasteiger partial charge in [0, 0.05) is 17.4 Å². The largest absolute Gasteiger partial charge is 0.573 e. The number of allylic oxidation sites excluding steroid dienone is 5. The van der Waals surface area contributed by atoms with E-state index in [9.17, 15) is 27.9 Å². The van der Waals surface area contributed by atoms with Gasteiger partial charge >= 0.3 is 6.36 Å². The highest BCUT2D eigenvalue weighted by Crippen LogP contribution is 2.56. The van der Waals surface area contributed by atoms with Gasteiger partial charge < -0.3 is 9.84 Å². The van der Waals surface area contributed by atoms with Crippen LogP contribution in [0, 0.1) is 11.3 Å². The van der Waals surface area contributed by atoms with Crippen LogP contribution in [0.15, 0.2) is 54.2 Å². The number of Topliss-reactive ketones (excluding diaryl/α,β-unsaturated/α-hetero) is 1. The lowest BCUT2D eigenvalue weighted by Gasteiger charge is -2.47. The zero-order chi connectivity index (χ0) is 20.9. The van der Waals surface area contributed by atoms with Gasteiger partial charge in [0.2, 0.25) is 0 Å². The lowest BCUT2D eigenvalue weighted by Crippen LogP contribution is -2.49. The van der Waals surface area contributed by atoms with Gasteiger partial charge in [-0.3, -0.25) is 9.59 Å². The van der Waals surface area contributed by atoms with Gasteiger partial charge in [0.25, 0.3) is 0 Å². The Balaban J connectivity index is 2.21. The predicted octanol–water partition coefficient (Wildman–Crippen LogP) is 4.61. The molecule has 0 saturated heterocycles. The molecule has 28 heavy (non-hydrogen) atoms. The molecule has 2 aliphatic rings. The van der Waals surface area contributed by atoms with Crippen molar-refractivity contribution in [3.8, 4) is 11.5 Å². The number of fused-ring (bicyclic) bond motifs is 1. The van der Waals surface area contributed by atoms with E-state index in [4.69, 9.17) is 0 Å². The fraction of sp³-hybridized carbons (Fsp3) is 0.333. The Morgan fingerprint density at radius 1 is 1.32 bits per heavy atom. The summed E-state index contributed by atoms with van der Waals surface area (Å²) in [5.41, 5.74) is -0.339. The van der Waals surface area contributed by atoms with Crippen LogP contribution >= 0.6 is 0 Å². The molecule has 3 atom stereocenters. The minimum absolute atomic E-state index is 0.0796. The molecule has 0 aliphatic heterocycles. The number of benzene rings is 1. The Hall–Kier alpha value is -2.83. The molecule has 0 heterocycles. The summed E-state index contributed by atoms with van der Waals surface area (Å²) in [5, 5.41) is 10.4. The second-order valence-electron chi connectivity index (χ2n) is 7.24. The molecule has 0 aromatic heterocycles. The molecule has 3 rings (SSSR count). The molecule has 0 fully saturated rings. The SMILES string of the molecule is C=CC1=CC[C@H]2C(=O)C=C(C)C(=O)[C@@]2(C)[C@H]1c1cc(OC(F)(F)F)ccc1O. The van der Waals surface area contributed by atoms with Gasteiger partial charge in [-0.2, -0.15) is 0 Å². The van der Waals surface area contributed by atoms with E-state index in [1.165, 1.54) is 19.1 Å². The minimum atomic E-state index is -4.90. The second-order valence-corrected chi connectivity index (χ2v) is 7.24. The summed E-state index contributed by atoms with van der Waals surface area (Å²) in [4.78, 5) is 25.7. The highest BCUT2D eigenvalue weighted by Gasteiger charge is 2.55. The molecule has 148 valence electrons. The van der Waals surface area contributed by atoms with Crippen molar-refractivity contribution in [3.63, 3.8) is 0 Å². The third-order valence-corrected chi connectivity index (χ3v) is 5.58. The number of halogens is 3. The van der Waals surface area contributed by atoms with E-state index in [0.29, 0.717) is 12.0 Å². The van der Waals surface area contributed by atoms with Crippen LogP contribution in [0.4, 0.5) is 13.2 Å². The number of ketones is 2. The maximum atomic E-state index is 13.1. The third kappa shape index (κ3) is 3.15. The topological polar surface area (TPSA) is 63.6 Å². The van der Waals surface area contributed by atoms with Gasteiger partial charge in [-0.15, -0.1) is 13.2 Å². The van der Waals surface area contributed by atoms with Crippen LogP contribution in [0.2, 0.25) is 0 Å². The molecule has 0 bridgehead atoms. The van der Waals surface area contributed by atoms with Crippen molar-refractivity contribution in [2.45, 2.75) is 32.5 Å². The summed E-state index contributed by atoms with van der Waals surface area (Å²) in [5.74, 6) is -2.83. The maximum Gasteiger partial charge on any atom is 0.573 e. The van der Waals surface area contributed by atoms with Crippen LogP contribution in [0.1, 0.15) is 31.7 Å². The van der Waals surface area contributed by atoms with Crippen molar-refractivity contribution in [1.29, 1.82) is 0 Å². The van der Waals surface area contributed by atoms with Crippen LogP contribution in [0.3, 0.4) is 0 Å². The quantitative estimate of drug-likeness (QED) is 0.816. The lowest BCUT2D eigenvalue weighted by atomic mass is 9.53. The van der Waals surface area contributed by atoms with Crippen LogP contribution in [0.5, 0.6) is 11.5 Å². The molecule has 7 heteroatoms.